The van der Waals surface area contributed by atoms with Crippen LogP contribution in [0.15, 0.2) is 0 Å². The first kappa shape index (κ1) is 15.5. The number of amides is 1. The summed E-state index contributed by atoms with van der Waals surface area (Å²) < 4.78 is 0. The number of carbonyl (C=O) groups excluding carboxylic acids is 1. The number of fused-ring (bicyclic) bond motifs is 5. The molecule has 23 heavy (non-hydrogen) atoms. The third-order valence-corrected chi connectivity index (χ3v) is 8.39. The molecule has 4 fully saturated rings. The first-order valence-electron chi connectivity index (χ1n) is 9.38. The number of hydrogen-bond donors (Lipinski definition) is 2. The lowest BCUT2D eigenvalue weighted by Crippen LogP contribution is -2.61. The zero-order valence-electron chi connectivity index (χ0n) is 14.3. The molecule has 0 aromatic carbocycles. The van der Waals surface area contributed by atoms with Crippen LogP contribution in [0, 0.1) is 34.5 Å². The second-order valence-electron chi connectivity index (χ2n) is 9.09. The van der Waals surface area contributed by atoms with E-state index in [1.807, 2.05) is 0 Å². The van der Waals surface area contributed by atoms with E-state index in [2.05, 4.69) is 19.2 Å². The summed E-state index contributed by atoms with van der Waals surface area (Å²) in [5.74, 6) is 1.38. The average Bonchev–Trinajstić information content (AvgIpc) is 2.85. The van der Waals surface area contributed by atoms with Gasteiger partial charge >= 0.3 is 5.97 Å². The monoisotopic (exact) mass is 319 g/mol. The maximum absolute atomic E-state index is 11.8. The molecule has 0 aromatic heterocycles. The van der Waals surface area contributed by atoms with Gasteiger partial charge < -0.3 is 10.4 Å². The second kappa shape index (κ2) is 4.97. The van der Waals surface area contributed by atoms with Crippen molar-refractivity contribution in [1.29, 1.82) is 0 Å². The van der Waals surface area contributed by atoms with Gasteiger partial charge in [-0.1, -0.05) is 13.8 Å². The van der Waals surface area contributed by atoms with Crippen molar-refractivity contribution in [3.8, 4) is 0 Å². The Bertz CT molecular complexity index is 547. The minimum Gasteiger partial charge on any atom is -0.481 e. The summed E-state index contributed by atoms with van der Waals surface area (Å²) in [6, 6.07) is 0.339. The van der Waals surface area contributed by atoms with Gasteiger partial charge in [-0.2, -0.15) is 0 Å². The van der Waals surface area contributed by atoms with Gasteiger partial charge in [0.2, 0.25) is 5.91 Å². The van der Waals surface area contributed by atoms with Crippen molar-refractivity contribution in [2.75, 3.05) is 0 Å². The highest BCUT2D eigenvalue weighted by Gasteiger charge is 2.61. The molecule has 1 heterocycles. The van der Waals surface area contributed by atoms with Gasteiger partial charge in [0.15, 0.2) is 0 Å². The van der Waals surface area contributed by atoms with Gasteiger partial charge in [0, 0.05) is 12.5 Å². The Morgan fingerprint density at radius 1 is 1.04 bits per heavy atom. The molecule has 0 spiro atoms. The minimum atomic E-state index is -0.585. The highest BCUT2D eigenvalue weighted by molar-refractivity contribution is 5.77. The largest absolute Gasteiger partial charge is 0.481 e. The molecule has 1 saturated heterocycles. The molecule has 0 bridgehead atoms. The summed E-state index contributed by atoms with van der Waals surface area (Å²) in [6.07, 6.45) is 8.05. The third kappa shape index (κ3) is 2.02. The molecule has 1 amide bonds. The molecule has 2 N–H and O–H groups in total. The Hall–Kier alpha value is -1.06. The summed E-state index contributed by atoms with van der Waals surface area (Å²) in [4.78, 5) is 23.5. The number of aliphatic carboxylic acids is 1. The van der Waals surface area contributed by atoms with Crippen molar-refractivity contribution in [2.45, 2.75) is 71.3 Å². The van der Waals surface area contributed by atoms with Gasteiger partial charge in [-0.05, 0) is 73.5 Å². The molecular weight excluding hydrogens is 290 g/mol. The molecule has 7 atom stereocenters. The maximum atomic E-state index is 11.8. The maximum Gasteiger partial charge on any atom is 0.307 e. The molecular formula is C19H29NO3. The van der Waals surface area contributed by atoms with Crippen LogP contribution >= 0.6 is 0 Å². The predicted molar refractivity (Wildman–Crippen MR) is 86.7 cm³/mol. The van der Waals surface area contributed by atoms with Crippen LogP contribution in [0.4, 0.5) is 0 Å². The van der Waals surface area contributed by atoms with Crippen molar-refractivity contribution in [3.05, 3.63) is 0 Å². The number of carboxylic acid groups (broad SMARTS) is 1. The van der Waals surface area contributed by atoms with Crippen LogP contribution in [0.3, 0.4) is 0 Å². The second-order valence-corrected chi connectivity index (χ2v) is 9.09. The molecule has 0 radical (unpaired) electrons. The molecule has 4 aliphatic rings. The Balaban J connectivity index is 1.63. The molecule has 0 aromatic rings. The molecule has 128 valence electrons. The van der Waals surface area contributed by atoms with Gasteiger partial charge in [0.25, 0.3) is 0 Å². The standard InChI is InChI=1S/C19H29NO3/c1-18-9-7-13-11(12(18)4-5-14(18)17(22)23)3-6-15-19(13,2)10-8-16(21)20-15/h11-15H,3-10H2,1-2H3,(H,20,21)(H,22,23)/t11-,12-,13-,14?,15+,18-,19+/m1/s1. The Morgan fingerprint density at radius 3 is 2.52 bits per heavy atom. The van der Waals surface area contributed by atoms with E-state index in [1.165, 1.54) is 0 Å². The molecule has 4 rings (SSSR count). The number of rotatable bonds is 1. The van der Waals surface area contributed by atoms with E-state index < -0.39 is 5.97 Å². The summed E-state index contributed by atoms with van der Waals surface area (Å²) >= 11 is 0. The van der Waals surface area contributed by atoms with E-state index in [1.54, 1.807) is 0 Å². The van der Waals surface area contributed by atoms with Gasteiger partial charge in [-0.15, -0.1) is 0 Å². The van der Waals surface area contributed by atoms with Gasteiger partial charge in [-0.3, -0.25) is 9.59 Å². The summed E-state index contributed by atoms with van der Waals surface area (Å²) in [5.41, 5.74) is 0.216. The molecule has 3 saturated carbocycles. The highest BCUT2D eigenvalue weighted by atomic mass is 16.4. The Kier molecular flexibility index (Phi) is 3.34. The third-order valence-electron chi connectivity index (χ3n) is 8.39. The SMILES string of the molecule is C[C@@]12CCC(=O)N[C@H]1CC[C@H]1[C@H]2CC[C@@]2(C)C(C(=O)O)CC[C@H]12. The van der Waals surface area contributed by atoms with Crippen molar-refractivity contribution >= 4 is 11.9 Å². The minimum absolute atomic E-state index is 0.00584. The van der Waals surface area contributed by atoms with Crippen LogP contribution in [-0.2, 0) is 9.59 Å². The van der Waals surface area contributed by atoms with Crippen LogP contribution in [0.5, 0.6) is 0 Å². The molecule has 4 heteroatoms. The van der Waals surface area contributed by atoms with Gasteiger partial charge in [0.1, 0.15) is 0 Å². The van der Waals surface area contributed by atoms with E-state index >= 15 is 0 Å². The van der Waals surface area contributed by atoms with E-state index in [0.29, 0.717) is 30.2 Å². The van der Waals surface area contributed by atoms with Crippen molar-refractivity contribution in [2.24, 2.45) is 34.5 Å². The molecule has 1 unspecified atom stereocenters. The fourth-order valence-electron chi connectivity index (χ4n) is 7.11. The number of piperidine rings is 1. The molecule has 3 aliphatic carbocycles. The topological polar surface area (TPSA) is 66.4 Å². The quantitative estimate of drug-likeness (QED) is 0.780. The zero-order chi connectivity index (χ0) is 16.4. The Labute approximate surface area is 138 Å². The highest BCUT2D eigenvalue weighted by Crippen LogP contribution is 2.65. The summed E-state index contributed by atoms with van der Waals surface area (Å²) in [5, 5.41) is 12.9. The predicted octanol–water partition coefficient (Wildman–Crippen LogP) is 3.21. The summed E-state index contributed by atoms with van der Waals surface area (Å²) in [6.45, 7) is 4.64. The zero-order valence-corrected chi connectivity index (χ0v) is 14.3. The molecule has 1 aliphatic heterocycles. The molecule has 4 nitrogen and oxygen atoms in total. The number of hydrogen-bond acceptors (Lipinski definition) is 2. The van der Waals surface area contributed by atoms with E-state index in [4.69, 9.17) is 0 Å². The lowest BCUT2D eigenvalue weighted by atomic mass is 9.47. The number of carboxylic acids is 1. The first-order valence-corrected chi connectivity index (χ1v) is 9.38. The van der Waals surface area contributed by atoms with Crippen molar-refractivity contribution in [3.63, 3.8) is 0 Å². The number of carbonyl (C=O) groups is 2. The van der Waals surface area contributed by atoms with Crippen molar-refractivity contribution < 1.29 is 14.7 Å². The van der Waals surface area contributed by atoms with Crippen LogP contribution in [0.1, 0.15) is 65.2 Å². The van der Waals surface area contributed by atoms with E-state index in [9.17, 15) is 14.7 Å². The van der Waals surface area contributed by atoms with Crippen LogP contribution in [0.2, 0.25) is 0 Å². The van der Waals surface area contributed by atoms with Crippen LogP contribution < -0.4 is 5.32 Å². The van der Waals surface area contributed by atoms with Crippen LogP contribution in [0.25, 0.3) is 0 Å². The van der Waals surface area contributed by atoms with Gasteiger partial charge in [0.05, 0.1) is 5.92 Å². The number of nitrogens with one attached hydrogen (secondary N) is 1. The normalized spacial score (nSPS) is 52.1. The van der Waals surface area contributed by atoms with E-state index in [0.717, 1.165) is 44.9 Å². The lowest BCUT2D eigenvalue weighted by Gasteiger charge is -2.60. The fourth-order valence-corrected chi connectivity index (χ4v) is 7.11. The fraction of sp³-hybridized carbons (Fsp3) is 0.895. The van der Waals surface area contributed by atoms with Crippen LogP contribution in [-0.4, -0.2) is 23.0 Å². The smallest absolute Gasteiger partial charge is 0.307 e. The Morgan fingerprint density at radius 2 is 1.78 bits per heavy atom. The first-order chi connectivity index (χ1) is 10.9. The lowest BCUT2D eigenvalue weighted by molar-refractivity contribution is -0.152. The average molecular weight is 319 g/mol. The van der Waals surface area contributed by atoms with Gasteiger partial charge in [-0.25, -0.2) is 0 Å². The van der Waals surface area contributed by atoms with Crippen molar-refractivity contribution in [1.82, 2.24) is 5.32 Å². The van der Waals surface area contributed by atoms with E-state index in [-0.39, 0.29) is 22.7 Å². The summed E-state index contributed by atoms with van der Waals surface area (Å²) in [7, 11) is 0.